The second-order valence-corrected chi connectivity index (χ2v) is 8.29. The maximum absolute atomic E-state index is 12.5. The molecule has 28 heavy (non-hydrogen) atoms. The van der Waals surface area contributed by atoms with E-state index in [9.17, 15) is 4.79 Å². The maximum Gasteiger partial charge on any atom is 0.290 e. The Morgan fingerprint density at radius 2 is 2.14 bits per heavy atom. The molecule has 4 rings (SSSR count). The van der Waals surface area contributed by atoms with Crippen LogP contribution in [0.1, 0.15) is 28.6 Å². The van der Waals surface area contributed by atoms with Gasteiger partial charge in [0, 0.05) is 43.9 Å². The molecule has 0 bridgehead atoms. The van der Waals surface area contributed by atoms with Gasteiger partial charge in [0.1, 0.15) is 10.7 Å². The molecule has 3 aromatic rings. The first-order valence-electron chi connectivity index (χ1n) is 9.10. The number of aromatic nitrogens is 5. The molecule has 1 saturated carbocycles. The van der Waals surface area contributed by atoms with E-state index >= 15 is 0 Å². The van der Waals surface area contributed by atoms with Gasteiger partial charge in [0.2, 0.25) is 11.0 Å². The van der Waals surface area contributed by atoms with E-state index in [1.165, 1.54) is 16.0 Å². The van der Waals surface area contributed by atoms with E-state index in [0.717, 1.165) is 22.7 Å². The number of pyridine rings is 1. The van der Waals surface area contributed by atoms with Crippen molar-refractivity contribution >= 4 is 22.2 Å². The summed E-state index contributed by atoms with van der Waals surface area (Å²) in [6.45, 7) is 4.46. The Balaban J connectivity index is 1.46. The van der Waals surface area contributed by atoms with Crippen LogP contribution in [0.25, 0.3) is 0 Å². The van der Waals surface area contributed by atoms with Gasteiger partial charge in [0.15, 0.2) is 0 Å². The van der Waals surface area contributed by atoms with Gasteiger partial charge in [-0.2, -0.15) is 0 Å². The van der Waals surface area contributed by atoms with Gasteiger partial charge < -0.3 is 9.64 Å². The first kappa shape index (κ1) is 18.5. The van der Waals surface area contributed by atoms with E-state index < -0.39 is 0 Å². The normalized spacial score (nSPS) is 18.1. The largest absolute Gasteiger partial charge is 0.476 e. The molecule has 1 fully saturated rings. The summed E-state index contributed by atoms with van der Waals surface area (Å²) in [5, 5.41) is 13.8. The Hall–Kier alpha value is -2.81. The lowest BCUT2D eigenvalue weighted by atomic mass is 10.2. The van der Waals surface area contributed by atoms with Crippen LogP contribution in [0.2, 0.25) is 0 Å². The molecule has 0 unspecified atom stereocenters. The fourth-order valence-corrected chi connectivity index (χ4v) is 3.75. The van der Waals surface area contributed by atoms with E-state index in [4.69, 9.17) is 4.74 Å². The van der Waals surface area contributed by atoms with Crippen LogP contribution in [0, 0.1) is 19.8 Å². The van der Waals surface area contributed by atoms with Gasteiger partial charge in [-0.25, -0.2) is 4.68 Å². The summed E-state index contributed by atoms with van der Waals surface area (Å²) >= 11 is 1.43. The van der Waals surface area contributed by atoms with E-state index in [2.05, 4.69) is 32.4 Å². The zero-order valence-electron chi connectivity index (χ0n) is 16.3. The summed E-state index contributed by atoms with van der Waals surface area (Å²) in [4.78, 5) is 18.7. The zero-order valence-corrected chi connectivity index (χ0v) is 17.1. The molecule has 0 N–H and O–H groups in total. The maximum atomic E-state index is 12.5. The minimum absolute atomic E-state index is 0.212. The standard InChI is InChI=1S/C19H22N6O2S/c1-11-5-6-15(20-9-11)14-7-13(14)10-27-17-8-16(18(26)25(4)23-17)24(3)19-22-21-12(2)28-19/h5-6,8-9,13-14H,7,10H2,1-4H3/t13-,14+/m1/s1. The number of ether oxygens (including phenoxy) is 1. The average Bonchev–Trinajstić information content (AvgIpc) is 3.33. The van der Waals surface area contributed by atoms with Gasteiger partial charge in [-0.1, -0.05) is 17.4 Å². The van der Waals surface area contributed by atoms with Crippen molar-refractivity contribution < 1.29 is 4.74 Å². The summed E-state index contributed by atoms with van der Waals surface area (Å²) in [5.41, 5.74) is 2.51. The fraction of sp³-hybridized carbons (Fsp3) is 0.421. The second-order valence-electron chi connectivity index (χ2n) is 7.13. The predicted molar refractivity (Wildman–Crippen MR) is 108 cm³/mol. The van der Waals surface area contributed by atoms with Gasteiger partial charge in [-0.15, -0.1) is 15.3 Å². The van der Waals surface area contributed by atoms with Crippen molar-refractivity contribution in [1.82, 2.24) is 25.0 Å². The van der Waals surface area contributed by atoms with Crippen LogP contribution >= 0.6 is 11.3 Å². The molecule has 0 radical (unpaired) electrons. The smallest absolute Gasteiger partial charge is 0.290 e. The highest BCUT2D eigenvalue weighted by Crippen LogP contribution is 2.46. The van der Waals surface area contributed by atoms with E-state index in [0.29, 0.717) is 35.1 Å². The van der Waals surface area contributed by atoms with Crippen LogP contribution in [0.3, 0.4) is 0 Å². The molecule has 0 aliphatic heterocycles. The van der Waals surface area contributed by atoms with Crippen LogP contribution in [0.5, 0.6) is 5.88 Å². The van der Waals surface area contributed by atoms with E-state index in [-0.39, 0.29) is 5.56 Å². The molecule has 3 aromatic heterocycles. The van der Waals surface area contributed by atoms with Crippen molar-refractivity contribution in [2.24, 2.45) is 13.0 Å². The van der Waals surface area contributed by atoms with Crippen molar-refractivity contribution in [3.8, 4) is 5.88 Å². The average molecular weight is 398 g/mol. The molecule has 0 spiro atoms. The molecular formula is C19H22N6O2S. The molecule has 0 saturated heterocycles. The number of anilines is 2. The third-order valence-corrected chi connectivity index (χ3v) is 5.78. The van der Waals surface area contributed by atoms with Gasteiger partial charge >= 0.3 is 0 Å². The lowest BCUT2D eigenvalue weighted by molar-refractivity contribution is 0.278. The highest BCUT2D eigenvalue weighted by molar-refractivity contribution is 7.15. The highest BCUT2D eigenvalue weighted by atomic mass is 32.1. The highest BCUT2D eigenvalue weighted by Gasteiger charge is 2.40. The molecule has 2 atom stereocenters. The lowest BCUT2D eigenvalue weighted by Gasteiger charge is -2.16. The molecule has 1 aliphatic carbocycles. The van der Waals surface area contributed by atoms with Crippen molar-refractivity contribution in [3.05, 3.63) is 51.0 Å². The summed E-state index contributed by atoms with van der Waals surface area (Å²) in [6.07, 6.45) is 2.95. The van der Waals surface area contributed by atoms with Crippen molar-refractivity contribution in [2.45, 2.75) is 26.2 Å². The number of rotatable bonds is 6. The topological polar surface area (TPSA) is 86.0 Å². The minimum atomic E-state index is -0.212. The zero-order chi connectivity index (χ0) is 19.8. The Labute approximate surface area is 166 Å². The molecule has 9 heteroatoms. The predicted octanol–water partition coefficient (Wildman–Crippen LogP) is 2.59. The van der Waals surface area contributed by atoms with Crippen LogP contribution in [-0.2, 0) is 7.05 Å². The summed E-state index contributed by atoms with van der Waals surface area (Å²) in [6, 6.07) is 5.84. The molecule has 0 aromatic carbocycles. The van der Waals surface area contributed by atoms with Gasteiger partial charge in [-0.05, 0) is 31.9 Å². The Morgan fingerprint density at radius 3 is 2.82 bits per heavy atom. The van der Waals surface area contributed by atoms with Crippen molar-refractivity contribution in [2.75, 3.05) is 18.6 Å². The summed E-state index contributed by atoms with van der Waals surface area (Å²) in [7, 11) is 3.41. The fourth-order valence-electron chi connectivity index (χ4n) is 3.09. The molecule has 3 heterocycles. The third-order valence-electron chi connectivity index (χ3n) is 4.87. The molecular weight excluding hydrogens is 376 g/mol. The Bertz CT molecular complexity index is 1050. The van der Waals surface area contributed by atoms with Crippen molar-refractivity contribution in [1.29, 1.82) is 0 Å². The summed E-state index contributed by atoms with van der Waals surface area (Å²) < 4.78 is 7.21. The Kier molecular flexibility index (Phi) is 4.84. The minimum Gasteiger partial charge on any atom is -0.476 e. The first-order valence-corrected chi connectivity index (χ1v) is 9.91. The number of aryl methyl sites for hydroxylation is 3. The molecule has 146 valence electrons. The third kappa shape index (κ3) is 3.75. The number of nitrogens with zero attached hydrogens (tertiary/aromatic N) is 6. The second kappa shape index (κ2) is 7.31. The monoisotopic (exact) mass is 398 g/mol. The van der Waals surface area contributed by atoms with Gasteiger partial charge in [-0.3, -0.25) is 9.78 Å². The van der Waals surface area contributed by atoms with Gasteiger partial charge in [0.25, 0.3) is 5.56 Å². The van der Waals surface area contributed by atoms with Crippen LogP contribution in [0.4, 0.5) is 10.8 Å². The van der Waals surface area contributed by atoms with E-state index in [1.807, 2.05) is 20.0 Å². The molecule has 8 nitrogen and oxygen atoms in total. The van der Waals surface area contributed by atoms with Crippen LogP contribution in [-0.4, -0.2) is 38.6 Å². The first-order chi connectivity index (χ1) is 13.4. The van der Waals surface area contributed by atoms with Crippen LogP contribution in [0.15, 0.2) is 29.2 Å². The molecule has 1 aliphatic rings. The van der Waals surface area contributed by atoms with Crippen molar-refractivity contribution in [3.63, 3.8) is 0 Å². The van der Waals surface area contributed by atoms with Gasteiger partial charge in [0.05, 0.1) is 6.61 Å². The Morgan fingerprint density at radius 1 is 1.32 bits per heavy atom. The quantitative estimate of drug-likeness (QED) is 0.631. The SMILES string of the molecule is Cc1ccc([C@H]2C[C@@H]2COc2cc(N(C)c3nnc(C)s3)c(=O)n(C)n2)nc1. The molecule has 0 amide bonds. The lowest BCUT2D eigenvalue weighted by Crippen LogP contribution is -2.27. The van der Waals surface area contributed by atoms with Crippen LogP contribution < -0.4 is 15.2 Å². The van der Waals surface area contributed by atoms with E-state index in [1.54, 1.807) is 25.1 Å². The number of hydrogen-bond acceptors (Lipinski definition) is 8. The summed E-state index contributed by atoms with van der Waals surface area (Å²) in [5.74, 6) is 1.27. The number of hydrogen-bond donors (Lipinski definition) is 0.